The molecular formula is C24H16FN3OS3. The predicted octanol–water partition coefficient (Wildman–Crippen LogP) is 6.14. The van der Waals surface area contributed by atoms with Crippen LogP contribution in [0, 0.1) is 5.82 Å². The molecule has 1 amide bonds. The number of halogens is 1. The molecule has 0 spiro atoms. The van der Waals surface area contributed by atoms with Crippen molar-refractivity contribution >= 4 is 51.6 Å². The van der Waals surface area contributed by atoms with E-state index in [0.29, 0.717) is 15.8 Å². The molecule has 2 aromatic heterocycles. The summed E-state index contributed by atoms with van der Waals surface area (Å²) < 4.78 is 15.5. The van der Waals surface area contributed by atoms with E-state index in [-0.39, 0.29) is 11.7 Å². The molecule has 0 unspecified atom stereocenters. The first kappa shape index (κ1) is 20.8. The average molecular weight is 478 g/mol. The molecule has 0 aliphatic carbocycles. The monoisotopic (exact) mass is 477 g/mol. The van der Waals surface area contributed by atoms with E-state index in [0.717, 1.165) is 27.5 Å². The number of hydrogen-bond donors (Lipinski definition) is 0. The van der Waals surface area contributed by atoms with Crippen molar-refractivity contribution < 1.29 is 9.18 Å². The highest BCUT2D eigenvalue weighted by molar-refractivity contribution is 8.26. The van der Waals surface area contributed by atoms with Crippen LogP contribution in [0.25, 0.3) is 22.3 Å². The van der Waals surface area contributed by atoms with Crippen LogP contribution in [-0.2, 0) is 11.3 Å². The quantitative estimate of drug-likeness (QED) is 0.256. The van der Waals surface area contributed by atoms with Crippen LogP contribution in [0.1, 0.15) is 11.3 Å². The molecular weight excluding hydrogens is 461 g/mol. The fraction of sp³-hybridized carbons (Fsp3) is 0.0417. The highest BCUT2D eigenvalue weighted by atomic mass is 32.2. The number of nitrogens with zero attached hydrogens (tertiary/aromatic N) is 3. The molecule has 0 radical (unpaired) electrons. The maximum atomic E-state index is 13.2. The number of aromatic nitrogens is 2. The summed E-state index contributed by atoms with van der Waals surface area (Å²) in [5.74, 6) is -0.474. The van der Waals surface area contributed by atoms with Crippen molar-refractivity contribution in [1.82, 2.24) is 14.7 Å². The Labute approximate surface area is 198 Å². The van der Waals surface area contributed by atoms with Gasteiger partial charge in [-0.1, -0.05) is 60.4 Å². The van der Waals surface area contributed by atoms with Crippen LogP contribution in [0.5, 0.6) is 0 Å². The van der Waals surface area contributed by atoms with E-state index in [4.69, 9.17) is 17.3 Å². The highest BCUT2D eigenvalue weighted by Gasteiger charge is 2.32. The molecule has 8 heteroatoms. The van der Waals surface area contributed by atoms with Gasteiger partial charge in [0.25, 0.3) is 5.91 Å². The number of carbonyl (C=O) groups is 1. The second-order valence-corrected chi connectivity index (χ2v) is 9.70. The molecule has 158 valence electrons. The van der Waals surface area contributed by atoms with E-state index in [2.05, 4.69) is 0 Å². The van der Waals surface area contributed by atoms with Gasteiger partial charge in [0.05, 0.1) is 27.7 Å². The first-order valence-electron chi connectivity index (χ1n) is 9.78. The molecule has 32 heavy (non-hydrogen) atoms. The molecule has 1 aliphatic rings. The molecule has 0 N–H and O–H groups in total. The van der Waals surface area contributed by atoms with E-state index in [1.807, 2.05) is 64.7 Å². The number of carbonyl (C=O) groups excluding carboxylic acids is 1. The lowest BCUT2D eigenvalue weighted by molar-refractivity contribution is -0.122. The maximum Gasteiger partial charge on any atom is 0.266 e. The molecule has 1 aliphatic heterocycles. The minimum Gasteiger partial charge on any atom is -0.288 e. The van der Waals surface area contributed by atoms with Gasteiger partial charge in [-0.25, -0.2) is 9.07 Å². The fourth-order valence-corrected chi connectivity index (χ4v) is 5.28. The van der Waals surface area contributed by atoms with Gasteiger partial charge in [0.2, 0.25) is 0 Å². The van der Waals surface area contributed by atoms with Gasteiger partial charge in [-0.3, -0.25) is 9.69 Å². The summed E-state index contributed by atoms with van der Waals surface area (Å²) in [6.45, 7) is 0.306. The number of thiocarbonyl (C=S) groups is 1. The Morgan fingerprint density at radius 1 is 1.03 bits per heavy atom. The van der Waals surface area contributed by atoms with Crippen molar-refractivity contribution in [3.05, 3.63) is 100 Å². The largest absolute Gasteiger partial charge is 0.288 e. The predicted molar refractivity (Wildman–Crippen MR) is 132 cm³/mol. The summed E-state index contributed by atoms with van der Waals surface area (Å²) in [4.78, 5) is 16.3. The molecule has 4 aromatic rings. The molecule has 5 rings (SSSR count). The molecule has 0 atom stereocenters. The van der Waals surface area contributed by atoms with Crippen LogP contribution in [-0.4, -0.2) is 24.9 Å². The molecule has 0 saturated carbocycles. The molecule has 3 heterocycles. The van der Waals surface area contributed by atoms with E-state index in [1.165, 1.54) is 23.9 Å². The van der Waals surface area contributed by atoms with E-state index in [9.17, 15) is 9.18 Å². The fourth-order valence-electron chi connectivity index (χ4n) is 3.36. The zero-order valence-electron chi connectivity index (χ0n) is 16.6. The van der Waals surface area contributed by atoms with Crippen molar-refractivity contribution in [2.75, 3.05) is 0 Å². The summed E-state index contributed by atoms with van der Waals surface area (Å²) in [7, 11) is 0. The second kappa shape index (κ2) is 8.82. The smallest absolute Gasteiger partial charge is 0.266 e. The van der Waals surface area contributed by atoms with Gasteiger partial charge in [0.1, 0.15) is 15.8 Å². The number of thioether (sulfide) groups is 1. The van der Waals surface area contributed by atoms with Gasteiger partial charge < -0.3 is 0 Å². The zero-order chi connectivity index (χ0) is 22.1. The van der Waals surface area contributed by atoms with Crippen LogP contribution < -0.4 is 0 Å². The Morgan fingerprint density at radius 2 is 1.81 bits per heavy atom. The lowest BCUT2D eigenvalue weighted by atomic mass is 10.2. The van der Waals surface area contributed by atoms with E-state index < -0.39 is 0 Å². The third kappa shape index (κ3) is 4.17. The van der Waals surface area contributed by atoms with Gasteiger partial charge in [0.15, 0.2) is 0 Å². The van der Waals surface area contributed by atoms with Crippen LogP contribution in [0.15, 0.2) is 83.1 Å². The maximum absolute atomic E-state index is 13.2. The number of amides is 1. The first-order chi connectivity index (χ1) is 15.6. The molecule has 1 fully saturated rings. The van der Waals surface area contributed by atoms with Gasteiger partial charge >= 0.3 is 0 Å². The van der Waals surface area contributed by atoms with Crippen molar-refractivity contribution in [1.29, 1.82) is 0 Å². The topological polar surface area (TPSA) is 38.1 Å². The summed E-state index contributed by atoms with van der Waals surface area (Å²) in [5.41, 5.74) is 3.36. The van der Waals surface area contributed by atoms with Crippen molar-refractivity contribution in [3.8, 4) is 16.3 Å². The van der Waals surface area contributed by atoms with Gasteiger partial charge in [-0.05, 0) is 53.4 Å². The molecule has 0 bridgehead atoms. The Balaban J connectivity index is 1.49. The Hall–Kier alpha value is -3.07. The zero-order valence-corrected chi connectivity index (χ0v) is 19.1. The summed E-state index contributed by atoms with van der Waals surface area (Å²) in [6, 6.07) is 21.9. The summed E-state index contributed by atoms with van der Waals surface area (Å²) in [5, 5.41) is 6.80. The number of thiophene rings is 1. The van der Waals surface area contributed by atoms with Crippen molar-refractivity contribution in [2.24, 2.45) is 0 Å². The molecule has 1 saturated heterocycles. The minimum atomic E-state index is -0.310. The highest BCUT2D eigenvalue weighted by Crippen LogP contribution is 2.35. The number of rotatable bonds is 5. The Morgan fingerprint density at radius 3 is 2.53 bits per heavy atom. The Bertz CT molecular complexity index is 1310. The van der Waals surface area contributed by atoms with Crippen LogP contribution in [0.4, 0.5) is 4.39 Å². The third-order valence-electron chi connectivity index (χ3n) is 4.92. The van der Waals surface area contributed by atoms with Crippen LogP contribution >= 0.6 is 35.3 Å². The third-order valence-corrected chi connectivity index (χ3v) is 7.19. The lowest BCUT2D eigenvalue weighted by Gasteiger charge is -2.14. The van der Waals surface area contributed by atoms with E-state index >= 15 is 0 Å². The van der Waals surface area contributed by atoms with Gasteiger partial charge in [-0.2, -0.15) is 5.10 Å². The number of hydrogen-bond acceptors (Lipinski definition) is 5. The van der Waals surface area contributed by atoms with E-state index in [1.54, 1.807) is 28.4 Å². The van der Waals surface area contributed by atoms with Crippen LogP contribution in [0.3, 0.4) is 0 Å². The SMILES string of the molecule is O=C1C(=Cc2cc(-c3cccs3)nn2-c2ccccc2)SC(=S)N1Cc1ccc(F)cc1. The molecule has 2 aromatic carbocycles. The minimum absolute atomic E-state index is 0.164. The first-order valence-corrected chi connectivity index (χ1v) is 11.9. The Kier molecular flexibility index (Phi) is 5.73. The second-order valence-electron chi connectivity index (χ2n) is 7.07. The average Bonchev–Trinajstić information content (AvgIpc) is 3.53. The van der Waals surface area contributed by atoms with Crippen molar-refractivity contribution in [3.63, 3.8) is 0 Å². The normalized spacial score (nSPS) is 15.2. The van der Waals surface area contributed by atoms with Gasteiger partial charge in [0, 0.05) is 0 Å². The number of benzene rings is 2. The van der Waals surface area contributed by atoms with Crippen LogP contribution in [0.2, 0.25) is 0 Å². The standard InChI is InChI=1S/C24H16FN3OS3/c25-17-10-8-16(9-11-17)15-27-23(29)22(32-24(27)30)14-19-13-20(21-7-4-12-31-21)26-28(19)18-5-2-1-3-6-18/h1-14H,15H2. The summed E-state index contributed by atoms with van der Waals surface area (Å²) >= 11 is 8.35. The molecule has 4 nitrogen and oxygen atoms in total. The lowest BCUT2D eigenvalue weighted by Crippen LogP contribution is -2.27. The number of para-hydroxylation sites is 1. The van der Waals surface area contributed by atoms with Gasteiger partial charge in [-0.15, -0.1) is 11.3 Å². The van der Waals surface area contributed by atoms with Crippen molar-refractivity contribution in [2.45, 2.75) is 6.54 Å². The summed E-state index contributed by atoms with van der Waals surface area (Å²) in [6.07, 6.45) is 1.83.